The smallest absolute Gasteiger partial charge is 0.315 e. The van der Waals surface area contributed by atoms with Gasteiger partial charge in [0.2, 0.25) is 0 Å². The summed E-state index contributed by atoms with van der Waals surface area (Å²) < 4.78 is 2.01. The summed E-state index contributed by atoms with van der Waals surface area (Å²) in [7, 11) is 0. The molecule has 1 fully saturated rings. The second-order valence-electron chi connectivity index (χ2n) is 6.19. The molecule has 112 valence electrons. The van der Waals surface area contributed by atoms with Crippen LogP contribution in [0.15, 0.2) is 6.07 Å². The third-order valence-corrected chi connectivity index (χ3v) is 3.89. The van der Waals surface area contributed by atoms with Crippen molar-refractivity contribution in [3.63, 3.8) is 0 Å². The molecule has 2 rings (SSSR count). The lowest BCUT2D eigenvalue weighted by atomic mass is 10.2. The first-order valence-corrected chi connectivity index (χ1v) is 7.51. The van der Waals surface area contributed by atoms with Crippen LogP contribution in [0.3, 0.4) is 0 Å². The zero-order valence-electron chi connectivity index (χ0n) is 12.9. The molecule has 2 amide bonds. The number of nitrogens with zero attached hydrogens (tertiary/aromatic N) is 2. The standard InChI is InChI=1S/C15H26N4O/c1-10(9-19-12(3)7-11(2)18-19)8-16-15(20)17-13(4)14-5-6-14/h7,10,13-14H,5-6,8-9H2,1-4H3,(H2,16,17,20). The third-order valence-electron chi connectivity index (χ3n) is 3.89. The van der Waals surface area contributed by atoms with Crippen LogP contribution in [0.2, 0.25) is 0 Å². The fourth-order valence-corrected chi connectivity index (χ4v) is 2.46. The maximum absolute atomic E-state index is 11.8. The normalized spacial score (nSPS) is 17.6. The van der Waals surface area contributed by atoms with E-state index in [1.54, 1.807) is 0 Å². The molecule has 1 heterocycles. The van der Waals surface area contributed by atoms with Gasteiger partial charge in [0.05, 0.1) is 5.69 Å². The molecule has 2 N–H and O–H groups in total. The number of carbonyl (C=O) groups is 1. The first kappa shape index (κ1) is 14.9. The van der Waals surface area contributed by atoms with Gasteiger partial charge in [-0.3, -0.25) is 4.68 Å². The number of aromatic nitrogens is 2. The van der Waals surface area contributed by atoms with E-state index in [-0.39, 0.29) is 6.03 Å². The van der Waals surface area contributed by atoms with Crippen LogP contribution in [-0.4, -0.2) is 28.4 Å². The summed E-state index contributed by atoms with van der Waals surface area (Å²) in [6, 6.07) is 2.32. The summed E-state index contributed by atoms with van der Waals surface area (Å²) in [5.41, 5.74) is 2.21. The Bertz CT molecular complexity index is 464. The van der Waals surface area contributed by atoms with E-state index < -0.39 is 0 Å². The summed E-state index contributed by atoms with van der Waals surface area (Å²) in [5, 5.41) is 10.4. The van der Waals surface area contributed by atoms with Crippen LogP contribution in [-0.2, 0) is 6.54 Å². The highest BCUT2D eigenvalue weighted by molar-refractivity contribution is 5.74. The minimum Gasteiger partial charge on any atom is -0.338 e. The Morgan fingerprint density at radius 1 is 1.45 bits per heavy atom. The maximum atomic E-state index is 11.8. The number of rotatable bonds is 6. The predicted octanol–water partition coefficient (Wildman–Crippen LogP) is 2.23. The van der Waals surface area contributed by atoms with Gasteiger partial charge in [0, 0.05) is 24.8 Å². The Kier molecular flexibility index (Phi) is 4.68. The molecule has 0 spiro atoms. The van der Waals surface area contributed by atoms with Gasteiger partial charge in [-0.15, -0.1) is 0 Å². The van der Waals surface area contributed by atoms with Gasteiger partial charge in [-0.25, -0.2) is 4.79 Å². The number of urea groups is 1. The van der Waals surface area contributed by atoms with E-state index in [0.717, 1.165) is 12.2 Å². The molecule has 2 atom stereocenters. The average Bonchev–Trinajstić information content (AvgIpc) is 3.15. The van der Waals surface area contributed by atoms with Crippen molar-refractivity contribution in [1.29, 1.82) is 0 Å². The van der Waals surface area contributed by atoms with E-state index in [2.05, 4.69) is 42.6 Å². The Hall–Kier alpha value is -1.52. The number of aryl methyl sites for hydroxylation is 2. The molecule has 5 nitrogen and oxygen atoms in total. The predicted molar refractivity (Wildman–Crippen MR) is 79.6 cm³/mol. The van der Waals surface area contributed by atoms with E-state index in [9.17, 15) is 4.79 Å². The van der Waals surface area contributed by atoms with Crippen LogP contribution in [0.1, 0.15) is 38.1 Å². The van der Waals surface area contributed by atoms with E-state index in [1.165, 1.54) is 18.5 Å². The molecule has 0 radical (unpaired) electrons. The number of hydrogen-bond donors (Lipinski definition) is 2. The highest BCUT2D eigenvalue weighted by Crippen LogP contribution is 2.32. The van der Waals surface area contributed by atoms with Gasteiger partial charge in [0.25, 0.3) is 0 Å². The van der Waals surface area contributed by atoms with E-state index in [1.807, 2.05) is 11.6 Å². The summed E-state index contributed by atoms with van der Waals surface area (Å²) >= 11 is 0. The van der Waals surface area contributed by atoms with E-state index in [4.69, 9.17) is 0 Å². The van der Waals surface area contributed by atoms with E-state index >= 15 is 0 Å². The summed E-state index contributed by atoms with van der Waals surface area (Å²) in [6.07, 6.45) is 2.49. The van der Waals surface area contributed by atoms with Crippen molar-refractivity contribution in [2.24, 2.45) is 11.8 Å². The molecular weight excluding hydrogens is 252 g/mol. The molecule has 1 saturated carbocycles. The molecule has 1 aromatic heterocycles. The second-order valence-corrected chi connectivity index (χ2v) is 6.19. The van der Waals surface area contributed by atoms with E-state index in [0.29, 0.717) is 24.4 Å². The van der Waals surface area contributed by atoms with Gasteiger partial charge < -0.3 is 10.6 Å². The SMILES string of the molecule is Cc1cc(C)n(CC(C)CNC(=O)NC(C)C2CC2)n1. The van der Waals surface area contributed by atoms with Crippen molar-refractivity contribution in [3.8, 4) is 0 Å². The minimum absolute atomic E-state index is 0.0513. The summed E-state index contributed by atoms with van der Waals surface area (Å²) in [6.45, 7) is 9.76. The highest BCUT2D eigenvalue weighted by Gasteiger charge is 2.28. The molecule has 20 heavy (non-hydrogen) atoms. The van der Waals surface area contributed by atoms with Gasteiger partial charge in [-0.05, 0) is 51.5 Å². The number of amides is 2. The first-order valence-electron chi connectivity index (χ1n) is 7.51. The fourth-order valence-electron chi connectivity index (χ4n) is 2.46. The van der Waals surface area contributed by atoms with Crippen LogP contribution in [0.5, 0.6) is 0 Å². The van der Waals surface area contributed by atoms with Gasteiger partial charge in [-0.1, -0.05) is 6.92 Å². The van der Waals surface area contributed by atoms with Crippen molar-refractivity contribution in [1.82, 2.24) is 20.4 Å². The lowest BCUT2D eigenvalue weighted by molar-refractivity contribution is 0.234. The first-order chi connectivity index (χ1) is 9.45. The molecule has 0 saturated heterocycles. The van der Waals surface area contributed by atoms with Crippen molar-refractivity contribution < 1.29 is 4.79 Å². The maximum Gasteiger partial charge on any atom is 0.315 e. The summed E-state index contributed by atoms with van der Waals surface area (Å²) in [5.74, 6) is 1.04. The Labute approximate surface area is 121 Å². The number of carbonyl (C=O) groups excluding carboxylic acids is 1. The molecule has 1 aliphatic rings. The third kappa shape index (κ3) is 4.25. The van der Waals surface area contributed by atoms with Gasteiger partial charge in [0.1, 0.15) is 0 Å². The van der Waals surface area contributed by atoms with Crippen LogP contribution in [0, 0.1) is 25.7 Å². The van der Waals surface area contributed by atoms with Gasteiger partial charge in [0.15, 0.2) is 0 Å². The average molecular weight is 278 g/mol. The quantitative estimate of drug-likeness (QED) is 0.838. The zero-order valence-corrected chi connectivity index (χ0v) is 12.9. The lowest BCUT2D eigenvalue weighted by Crippen LogP contribution is -2.43. The van der Waals surface area contributed by atoms with Crippen molar-refractivity contribution in [2.75, 3.05) is 6.54 Å². The molecule has 0 bridgehead atoms. The monoisotopic (exact) mass is 278 g/mol. The molecule has 0 aromatic carbocycles. The van der Waals surface area contributed by atoms with Crippen LogP contribution >= 0.6 is 0 Å². The van der Waals surface area contributed by atoms with Crippen LogP contribution in [0.4, 0.5) is 4.79 Å². The molecule has 2 unspecified atom stereocenters. The lowest BCUT2D eigenvalue weighted by Gasteiger charge is -2.17. The highest BCUT2D eigenvalue weighted by atomic mass is 16.2. The van der Waals surface area contributed by atoms with Crippen molar-refractivity contribution in [3.05, 3.63) is 17.5 Å². The topological polar surface area (TPSA) is 59.0 Å². The molecular formula is C15H26N4O. The van der Waals surface area contributed by atoms with Gasteiger partial charge >= 0.3 is 6.03 Å². The van der Waals surface area contributed by atoms with Crippen LogP contribution < -0.4 is 10.6 Å². The van der Waals surface area contributed by atoms with Crippen molar-refractivity contribution >= 4 is 6.03 Å². The molecule has 1 aliphatic carbocycles. The molecule has 1 aromatic rings. The summed E-state index contributed by atoms with van der Waals surface area (Å²) in [4.78, 5) is 11.8. The van der Waals surface area contributed by atoms with Crippen molar-refractivity contribution in [2.45, 2.75) is 53.1 Å². The van der Waals surface area contributed by atoms with Gasteiger partial charge in [-0.2, -0.15) is 5.10 Å². The minimum atomic E-state index is -0.0513. The Morgan fingerprint density at radius 2 is 2.15 bits per heavy atom. The second kappa shape index (κ2) is 6.29. The fraction of sp³-hybridized carbons (Fsp3) is 0.733. The Morgan fingerprint density at radius 3 is 2.70 bits per heavy atom. The molecule has 0 aliphatic heterocycles. The molecule has 5 heteroatoms. The Balaban J connectivity index is 1.70. The number of nitrogens with one attached hydrogen (secondary N) is 2. The largest absolute Gasteiger partial charge is 0.338 e. The number of hydrogen-bond acceptors (Lipinski definition) is 2. The zero-order chi connectivity index (χ0) is 14.7. The van der Waals surface area contributed by atoms with Crippen LogP contribution in [0.25, 0.3) is 0 Å².